The Balaban J connectivity index is 2.11. The van der Waals surface area contributed by atoms with Crippen molar-refractivity contribution in [1.29, 1.82) is 0 Å². The van der Waals surface area contributed by atoms with Crippen LogP contribution in [0.4, 0.5) is 5.13 Å². The quantitative estimate of drug-likeness (QED) is 0.752. The fourth-order valence-corrected chi connectivity index (χ4v) is 3.54. The van der Waals surface area contributed by atoms with Crippen LogP contribution in [0.5, 0.6) is 0 Å². The second kappa shape index (κ2) is 5.18. The van der Waals surface area contributed by atoms with Gasteiger partial charge in [0.25, 0.3) is 0 Å². The minimum absolute atomic E-state index is 0.315. The number of carbonyl (C=O) groups is 1. The smallest absolute Gasteiger partial charge is 0.350 e. The van der Waals surface area contributed by atoms with Gasteiger partial charge in [-0.25, -0.2) is 14.8 Å². The highest BCUT2D eigenvalue weighted by Gasteiger charge is 2.22. The number of aromatic nitrogens is 2. The van der Waals surface area contributed by atoms with E-state index < -0.39 is 5.97 Å². The third kappa shape index (κ3) is 2.25. The van der Waals surface area contributed by atoms with E-state index in [0.717, 1.165) is 21.6 Å². The predicted octanol–water partition coefficient (Wildman–Crippen LogP) is 3.18. The van der Waals surface area contributed by atoms with Gasteiger partial charge in [0.05, 0.1) is 16.8 Å². The molecule has 102 valence electrons. The molecule has 5 nitrogen and oxygen atoms in total. The Morgan fingerprint density at radius 3 is 2.85 bits per heavy atom. The summed E-state index contributed by atoms with van der Waals surface area (Å²) in [6, 6.07) is 7.78. The van der Waals surface area contributed by atoms with Crippen LogP contribution in [0.25, 0.3) is 20.9 Å². The summed E-state index contributed by atoms with van der Waals surface area (Å²) in [5, 5.41) is 1.02. The summed E-state index contributed by atoms with van der Waals surface area (Å²) in [5.74, 6) is -0.407. The molecule has 2 N–H and O–H groups in total. The summed E-state index contributed by atoms with van der Waals surface area (Å²) >= 11 is 2.61. The highest BCUT2D eigenvalue weighted by Crippen LogP contribution is 2.35. The van der Waals surface area contributed by atoms with Crippen LogP contribution in [-0.4, -0.2) is 22.5 Å². The molecule has 3 rings (SSSR count). The number of nitrogen functional groups attached to an aromatic ring is 1. The molecule has 0 aliphatic carbocycles. The first-order valence-corrected chi connectivity index (χ1v) is 7.61. The molecule has 20 heavy (non-hydrogen) atoms. The SMILES string of the molecule is CCOC(=O)c1sc(N)nc1-c1nc2ccccc2s1. The van der Waals surface area contributed by atoms with Crippen molar-refractivity contribution in [3.05, 3.63) is 29.1 Å². The standard InChI is InChI=1S/C13H11N3O2S2/c1-2-18-12(17)10-9(16-13(14)20-10)11-15-7-5-3-4-6-8(7)19-11/h3-6H,2H2,1H3,(H2,14,16). The molecule has 0 aliphatic rings. The number of para-hydroxylation sites is 1. The first-order chi connectivity index (χ1) is 9.69. The third-order valence-electron chi connectivity index (χ3n) is 2.60. The van der Waals surface area contributed by atoms with Crippen molar-refractivity contribution in [2.75, 3.05) is 12.3 Å². The van der Waals surface area contributed by atoms with E-state index in [9.17, 15) is 4.79 Å². The van der Waals surface area contributed by atoms with Crippen molar-refractivity contribution in [2.45, 2.75) is 6.92 Å². The lowest BCUT2D eigenvalue weighted by Gasteiger charge is -1.99. The van der Waals surface area contributed by atoms with E-state index in [4.69, 9.17) is 10.5 Å². The average Bonchev–Trinajstić information content (AvgIpc) is 3.01. The van der Waals surface area contributed by atoms with Gasteiger partial charge in [0.15, 0.2) is 5.13 Å². The summed E-state index contributed by atoms with van der Waals surface area (Å²) in [6.45, 7) is 2.08. The van der Waals surface area contributed by atoms with E-state index in [1.807, 2.05) is 24.3 Å². The number of benzene rings is 1. The van der Waals surface area contributed by atoms with Crippen LogP contribution >= 0.6 is 22.7 Å². The molecule has 0 aliphatic heterocycles. The lowest BCUT2D eigenvalue weighted by molar-refractivity contribution is 0.0532. The molecule has 0 saturated heterocycles. The summed E-state index contributed by atoms with van der Waals surface area (Å²) in [6.07, 6.45) is 0. The highest BCUT2D eigenvalue weighted by molar-refractivity contribution is 7.22. The van der Waals surface area contributed by atoms with Gasteiger partial charge in [-0.1, -0.05) is 23.5 Å². The molecule has 0 saturated carbocycles. The molecule has 0 fully saturated rings. The second-order valence-corrected chi connectivity index (χ2v) is 6.00. The maximum atomic E-state index is 11.9. The second-order valence-electron chi connectivity index (χ2n) is 3.94. The lowest BCUT2D eigenvalue weighted by Crippen LogP contribution is -2.03. The number of esters is 1. The third-order valence-corrected chi connectivity index (χ3v) is 4.51. The maximum Gasteiger partial charge on any atom is 0.350 e. The summed E-state index contributed by atoms with van der Waals surface area (Å²) in [5.41, 5.74) is 7.11. The highest BCUT2D eigenvalue weighted by atomic mass is 32.1. The molecule has 2 aromatic heterocycles. The normalized spacial score (nSPS) is 10.8. The molecule has 0 spiro atoms. The molecule has 0 atom stereocenters. The fraction of sp³-hybridized carbons (Fsp3) is 0.154. The van der Waals surface area contributed by atoms with Crippen molar-refractivity contribution in [1.82, 2.24) is 9.97 Å². The van der Waals surface area contributed by atoms with Crippen molar-refractivity contribution in [3.8, 4) is 10.7 Å². The molecular formula is C13H11N3O2S2. The van der Waals surface area contributed by atoms with Crippen LogP contribution in [0.15, 0.2) is 24.3 Å². The summed E-state index contributed by atoms with van der Waals surface area (Å²) < 4.78 is 6.08. The zero-order chi connectivity index (χ0) is 14.1. The lowest BCUT2D eigenvalue weighted by atomic mass is 10.3. The van der Waals surface area contributed by atoms with E-state index in [1.165, 1.54) is 11.3 Å². The Hall–Kier alpha value is -1.99. The Bertz CT molecular complexity index is 746. The van der Waals surface area contributed by atoms with Crippen molar-refractivity contribution >= 4 is 44.0 Å². The zero-order valence-corrected chi connectivity index (χ0v) is 12.3. The maximum absolute atomic E-state index is 11.9. The van der Waals surface area contributed by atoms with Gasteiger partial charge in [-0.2, -0.15) is 0 Å². The first kappa shape index (κ1) is 13.0. The molecule has 7 heteroatoms. The molecule has 0 unspecified atom stereocenters. The van der Waals surface area contributed by atoms with Crippen molar-refractivity contribution in [3.63, 3.8) is 0 Å². The van der Waals surface area contributed by atoms with E-state index in [-0.39, 0.29) is 0 Å². The van der Waals surface area contributed by atoms with Crippen LogP contribution in [0.3, 0.4) is 0 Å². The largest absolute Gasteiger partial charge is 0.462 e. The van der Waals surface area contributed by atoms with Crippen LogP contribution in [0.2, 0.25) is 0 Å². The van der Waals surface area contributed by atoms with Crippen LogP contribution in [-0.2, 0) is 4.74 Å². The van der Waals surface area contributed by atoms with Crippen LogP contribution in [0.1, 0.15) is 16.6 Å². The molecule has 3 aromatic rings. The number of ether oxygens (including phenoxy) is 1. The number of carbonyl (C=O) groups excluding carboxylic acids is 1. The monoisotopic (exact) mass is 305 g/mol. The number of nitrogens with two attached hydrogens (primary N) is 1. The van der Waals surface area contributed by atoms with E-state index in [1.54, 1.807) is 6.92 Å². The molecular weight excluding hydrogens is 294 g/mol. The number of hydrogen-bond acceptors (Lipinski definition) is 7. The Labute approximate surface area is 123 Å². The van der Waals surface area contributed by atoms with Gasteiger partial charge in [0.2, 0.25) is 0 Å². The van der Waals surface area contributed by atoms with Gasteiger partial charge >= 0.3 is 5.97 Å². The fourth-order valence-electron chi connectivity index (χ4n) is 1.79. The van der Waals surface area contributed by atoms with Crippen molar-refractivity contribution < 1.29 is 9.53 Å². The van der Waals surface area contributed by atoms with Gasteiger partial charge < -0.3 is 10.5 Å². The number of thiazole rings is 2. The number of rotatable bonds is 3. The van der Waals surface area contributed by atoms with E-state index in [2.05, 4.69) is 9.97 Å². The molecule has 0 radical (unpaired) electrons. The first-order valence-electron chi connectivity index (χ1n) is 5.98. The average molecular weight is 305 g/mol. The summed E-state index contributed by atoms with van der Waals surface area (Å²) in [4.78, 5) is 21.1. The molecule has 0 bridgehead atoms. The Morgan fingerprint density at radius 1 is 1.30 bits per heavy atom. The Kier molecular flexibility index (Phi) is 3.37. The Morgan fingerprint density at radius 2 is 2.10 bits per heavy atom. The predicted molar refractivity (Wildman–Crippen MR) is 81.1 cm³/mol. The van der Waals surface area contributed by atoms with Crippen LogP contribution in [0, 0.1) is 0 Å². The number of hydrogen-bond donors (Lipinski definition) is 1. The topological polar surface area (TPSA) is 78.1 Å². The summed E-state index contributed by atoms with van der Waals surface area (Å²) in [7, 11) is 0. The molecule has 1 aromatic carbocycles. The van der Waals surface area contributed by atoms with Crippen LogP contribution < -0.4 is 5.73 Å². The number of nitrogens with zero attached hydrogens (tertiary/aromatic N) is 2. The van der Waals surface area contributed by atoms with Crippen molar-refractivity contribution in [2.24, 2.45) is 0 Å². The van der Waals surface area contributed by atoms with E-state index in [0.29, 0.717) is 27.3 Å². The van der Waals surface area contributed by atoms with Gasteiger partial charge in [0, 0.05) is 0 Å². The van der Waals surface area contributed by atoms with Gasteiger partial charge in [-0.05, 0) is 19.1 Å². The minimum atomic E-state index is -0.407. The zero-order valence-electron chi connectivity index (χ0n) is 10.6. The number of fused-ring (bicyclic) bond motifs is 1. The molecule has 0 amide bonds. The van der Waals surface area contributed by atoms with E-state index >= 15 is 0 Å². The minimum Gasteiger partial charge on any atom is -0.462 e. The van der Waals surface area contributed by atoms with Gasteiger partial charge in [0.1, 0.15) is 15.6 Å². The number of anilines is 1. The van der Waals surface area contributed by atoms with Gasteiger partial charge in [-0.3, -0.25) is 0 Å². The van der Waals surface area contributed by atoms with Gasteiger partial charge in [-0.15, -0.1) is 11.3 Å². The molecule has 2 heterocycles.